The Hall–Kier alpha value is -1.05. The Bertz CT molecular complexity index is 241. The molecule has 0 N–H and O–H groups in total. The number of rotatable bonds is 9. The summed E-state index contributed by atoms with van der Waals surface area (Å²) >= 11 is 0. The van der Waals surface area contributed by atoms with Gasteiger partial charge in [0.2, 0.25) is 0 Å². The first kappa shape index (κ1) is 16.0. The summed E-state index contributed by atoms with van der Waals surface area (Å²) in [4.78, 5) is 10.7. The molecule has 0 aromatic carbocycles. The van der Waals surface area contributed by atoms with Gasteiger partial charge in [0.1, 0.15) is 6.10 Å². The fourth-order valence-corrected chi connectivity index (χ4v) is 1.52. The number of carbonyl (C=O) groups excluding carboxylic acids is 1. The minimum atomic E-state index is -0.207. The number of unbranched alkanes of at least 4 members (excludes halogenated alkanes) is 3. The van der Waals surface area contributed by atoms with Crippen LogP contribution in [-0.4, -0.2) is 12.1 Å². The average Bonchev–Trinajstić information content (AvgIpc) is 2.26. The molecule has 1 unspecified atom stereocenters. The molecule has 0 rings (SSSR count). The Morgan fingerprint density at radius 3 is 2.53 bits per heavy atom. The van der Waals surface area contributed by atoms with E-state index < -0.39 is 0 Å². The van der Waals surface area contributed by atoms with E-state index in [4.69, 9.17) is 4.74 Å². The van der Waals surface area contributed by atoms with Crippen molar-refractivity contribution in [2.24, 2.45) is 0 Å². The zero-order valence-corrected chi connectivity index (χ0v) is 11.4. The van der Waals surface area contributed by atoms with E-state index in [1.165, 1.54) is 32.6 Å². The molecule has 0 amide bonds. The summed E-state index contributed by atoms with van der Waals surface area (Å²) in [5.41, 5.74) is 0. The number of carbonyl (C=O) groups is 1. The Kier molecular flexibility index (Phi) is 10.7. The molecule has 0 aliphatic carbocycles. The van der Waals surface area contributed by atoms with E-state index in [9.17, 15) is 4.79 Å². The molecular weight excluding hydrogens is 212 g/mol. The lowest BCUT2D eigenvalue weighted by molar-refractivity contribution is -0.145. The maximum atomic E-state index is 10.7. The van der Waals surface area contributed by atoms with E-state index in [0.29, 0.717) is 0 Å². The third-order valence-electron chi connectivity index (χ3n) is 2.42. The quantitative estimate of drug-likeness (QED) is 0.338. The molecule has 0 aromatic rings. The van der Waals surface area contributed by atoms with Crippen LogP contribution in [0.4, 0.5) is 0 Å². The van der Waals surface area contributed by atoms with Gasteiger partial charge in [-0.3, -0.25) is 4.79 Å². The summed E-state index contributed by atoms with van der Waals surface area (Å²) < 4.78 is 5.01. The minimum absolute atomic E-state index is 0.0164. The number of ether oxygens (including phenoxy) is 1. The SMILES string of the molecule is CCCCC/C=C/C/C=C/CC(C)OC(C)=O. The molecule has 0 bridgehead atoms. The van der Waals surface area contributed by atoms with Crippen LogP contribution in [0.1, 0.15) is 59.3 Å². The highest BCUT2D eigenvalue weighted by Gasteiger charge is 2.01. The Labute approximate surface area is 106 Å². The highest BCUT2D eigenvalue weighted by Crippen LogP contribution is 2.02. The molecule has 0 radical (unpaired) electrons. The number of allylic oxidation sites excluding steroid dienone is 3. The molecule has 0 saturated carbocycles. The first-order chi connectivity index (χ1) is 8.16. The lowest BCUT2D eigenvalue weighted by Gasteiger charge is -2.07. The molecule has 0 fully saturated rings. The molecule has 0 saturated heterocycles. The van der Waals surface area contributed by atoms with E-state index in [0.717, 1.165) is 12.8 Å². The van der Waals surface area contributed by atoms with Crippen molar-refractivity contribution >= 4 is 5.97 Å². The Morgan fingerprint density at radius 2 is 1.88 bits per heavy atom. The number of hydrogen-bond acceptors (Lipinski definition) is 2. The van der Waals surface area contributed by atoms with Gasteiger partial charge >= 0.3 is 5.97 Å². The largest absolute Gasteiger partial charge is 0.463 e. The summed E-state index contributed by atoms with van der Waals surface area (Å²) in [6.07, 6.45) is 15.5. The fourth-order valence-electron chi connectivity index (χ4n) is 1.52. The first-order valence-corrected chi connectivity index (χ1v) is 6.64. The molecular formula is C15H26O2. The second kappa shape index (κ2) is 11.4. The molecule has 0 aliphatic rings. The average molecular weight is 238 g/mol. The van der Waals surface area contributed by atoms with Crippen LogP contribution < -0.4 is 0 Å². The third-order valence-corrected chi connectivity index (χ3v) is 2.42. The van der Waals surface area contributed by atoms with Gasteiger partial charge in [-0.25, -0.2) is 0 Å². The van der Waals surface area contributed by atoms with Crippen molar-refractivity contribution in [2.75, 3.05) is 0 Å². The van der Waals surface area contributed by atoms with E-state index in [1.54, 1.807) is 0 Å². The zero-order valence-electron chi connectivity index (χ0n) is 11.4. The normalized spacial score (nSPS) is 13.4. The van der Waals surface area contributed by atoms with Gasteiger partial charge in [-0.1, -0.05) is 44.1 Å². The van der Waals surface area contributed by atoms with Crippen molar-refractivity contribution in [3.8, 4) is 0 Å². The lowest BCUT2D eigenvalue weighted by Crippen LogP contribution is -2.10. The number of esters is 1. The van der Waals surface area contributed by atoms with Gasteiger partial charge in [0, 0.05) is 13.3 Å². The second-order valence-corrected chi connectivity index (χ2v) is 4.33. The maximum absolute atomic E-state index is 10.7. The van der Waals surface area contributed by atoms with Crippen molar-refractivity contribution in [2.45, 2.75) is 65.4 Å². The van der Waals surface area contributed by atoms with Gasteiger partial charge < -0.3 is 4.74 Å². The minimum Gasteiger partial charge on any atom is -0.463 e. The van der Waals surface area contributed by atoms with Crippen molar-refractivity contribution in [3.05, 3.63) is 24.3 Å². The molecule has 0 heterocycles. The Morgan fingerprint density at radius 1 is 1.18 bits per heavy atom. The topological polar surface area (TPSA) is 26.3 Å². The Balaban J connectivity index is 3.44. The zero-order chi connectivity index (χ0) is 12.9. The van der Waals surface area contributed by atoms with Crippen LogP contribution in [0.5, 0.6) is 0 Å². The smallest absolute Gasteiger partial charge is 0.302 e. The first-order valence-electron chi connectivity index (χ1n) is 6.64. The van der Waals surface area contributed by atoms with Crippen LogP contribution in [0.25, 0.3) is 0 Å². The maximum Gasteiger partial charge on any atom is 0.302 e. The summed E-state index contributed by atoms with van der Waals surface area (Å²) in [6, 6.07) is 0. The summed E-state index contributed by atoms with van der Waals surface area (Å²) in [7, 11) is 0. The van der Waals surface area contributed by atoms with Crippen LogP contribution in [0.15, 0.2) is 24.3 Å². The van der Waals surface area contributed by atoms with Crippen molar-refractivity contribution in [3.63, 3.8) is 0 Å². The van der Waals surface area contributed by atoms with E-state index in [1.807, 2.05) is 6.92 Å². The van der Waals surface area contributed by atoms with Crippen molar-refractivity contribution in [1.82, 2.24) is 0 Å². The lowest BCUT2D eigenvalue weighted by atomic mass is 10.2. The van der Waals surface area contributed by atoms with Gasteiger partial charge in [0.05, 0.1) is 0 Å². The fraction of sp³-hybridized carbons (Fsp3) is 0.667. The molecule has 0 aliphatic heterocycles. The molecule has 2 nitrogen and oxygen atoms in total. The summed E-state index contributed by atoms with van der Waals surface area (Å²) in [6.45, 7) is 5.57. The second-order valence-electron chi connectivity index (χ2n) is 4.33. The third kappa shape index (κ3) is 12.9. The summed E-state index contributed by atoms with van der Waals surface area (Å²) in [5.74, 6) is -0.207. The van der Waals surface area contributed by atoms with Crippen molar-refractivity contribution in [1.29, 1.82) is 0 Å². The van der Waals surface area contributed by atoms with Gasteiger partial charge in [0.15, 0.2) is 0 Å². The molecule has 17 heavy (non-hydrogen) atoms. The highest BCUT2D eigenvalue weighted by molar-refractivity contribution is 5.66. The van der Waals surface area contributed by atoms with E-state index >= 15 is 0 Å². The van der Waals surface area contributed by atoms with Gasteiger partial charge in [0.25, 0.3) is 0 Å². The van der Waals surface area contributed by atoms with Crippen LogP contribution in [0.3, 0.4) is 0 Å². The van der Waals surface area contributed by atoms with Crippen LogP contribution >= 0.6 is 0 Å². The van der Waals surface area contributed by atoms with Crippen LogP contribution in [-0.2, 0) is 9.53 Å². The van der Waals surface area contributed by atoms with Gasteiger partial charge in [-0.15, -0.1) is 0 Å². The number of hydrogen-bond donors (Lipinski definition) is 0. The van der Waals surface area contributed by atoms with E-state index in [-0.39, 0.29) is 12.1 Å². The molecule has 98 valence electrons. The molecule has 1 atom stereocenters. The van der Waals surface area contributed by atoms with Crippen LogP contribution in [0.2, 0.25) is 0 Å². The molecule has 0 aromatic heterocycles. The van der Waals surface area contributed by atoms with E-state index in [2.05, 4.69) is 31.2 Å². The highest BCUT2D eigenvalue weighted by atomic mass is 16.5. The molecule has 0 spiro atoms. The van der Waals surface area contributed by atoms with Gasteiger partial charge in [-0.2, -0.15) is 0 Å². The van der Waals surface area contributed by atoms with Crippen LogP contribution in [0, 0.1) is 0 Å². The molecule has 2 heteroatoms. The standard InChI is InChI=1S/C15H26O2/c1-4-5-6-7-8-9-10-11-12-13-14(2)17-15(3)16/h8-9,11-12,14H,4-7,10,13H2,1-3H3/b9-8+,12-11+. The van der Waals surface area contributed by atoms with Crippen molar-refractivity contribution < 1.29 is 9.53 Å². The monoisotopic (exact) mass is 238 g/mol. The predicted molar refractivity (Wildman–Crippen MR) is 72.9 cm³/mol. The van der Waals surface area contributed by atoms with Gasteiger partial charge in [-0.05, 0) is 26.2 Å². The predicted octanol–water partition coefficient (Wildman–Crippen LogP) is 4.41. The summed E-state index contributed by atoms with van der Waals surface area (Å²) in [5, 5.41) is 0.